The van der Waals surface area contributed by atoms with E-state index in [4.69, 9.17) is 33.7 Å². The van der Waals surface area contributed by atoms with Crippen LogP contribution in [0, 0.1) is 0 Å². The summed E-state index contributed by atoms with van der Waals surface area (Å²) < 4.78 is 5.63. The van der Waals surface area contributed by atoms with Crippen molar-refractivity contribution in [2.24, 2.45) is 5.73 Å². The molecule has 2 N–H and O–H groups in total. The first-order chi connectivity index (χ1) is 8.72. The number of nitrogens with two attached hydrogens (primary N) is 1. The lowest BCUT2D eigenvalue weighted by Gasteiger charge is -2.10. The van der Waals surface area contributed by atoms with Crippen LogP contribution in [0.5, 0.6) is 5.75 Å². The standard InChI is InChI=1S/C13H12Cl2N2O/c14-10-4-1-5-12(13(10)15)18-8-9-3-2-6-17-11(9)7-16/h1-6H,7-8,16H2. The Morgan fingerprint density at radius 1 is 1.17 bits per heavy atom. The molecule has 94 valence electrons. The second kappa shape index (κ2) is 6.05. The Kier molecular flexibility index (Phi) is 4.42. The first-order valence-electron chi connectivity index (χ1n) is 5.42. The highest BCUT2D eigenvalue weighted by molar-refractivity contribution is 6.42. The maximum atomic E-state index is 6.04. The van der Waals surface area contributed by atoms with Crippen molar-refractivity contribution in [3.63, 3.8) is 0 Å². The van der Waals surface area contributed by atoms with Crippen LogP contribution in [0.4, 0.5) is 0 Å². The molecule has 0 aliphatic rings. The highest BCUT2D eigenvalue weighted by atomic mass is 35.5. The summed E-state index contributed by atoms with van der Waals surface area (Å²) >= 11 is 11.9. The van der Waals surface area contributed by atoms with Crippen molar-refractivity contribution in [2.45, 2.75) is 13.2 Å². The fourth-order valence-electron chi connectivity index (χ4n) is 1.54. The molecule has 1 aromatic heterocycles. The summed E-state index contributed by atoms with van der Waals surface area (Å²) in [6.45, 7) is 0.739. The molecule has 0 fully saturated rings. The molecule has 0 spiro atoms. The van der Waals surface area contributed by atoms with E-state index >= 15 is 0 Å². The summed E-state index contributed by atoms with van der Waals surface area (Å²) in [6, 6.07) is 9.04. The van der Waals surface area contributed by atoms with Crippen LogP contribution < -0.4 is 10.5 Å². The van der Waals surface area contributed by atoms with E-state index in [1.54, 1.807) is 24.4 Å². The summed E-state index contributed by atoms with van der Waals surface area (Å²) in [5, 5.41) is 0.886. The minimum absolute atomic E-state index is 0.362. The zero-order valence-corrected chi connectivity index (χ0v) is 11.1. The van der Waals surface area contributed by atoms with Gasteiger partial charge in [-0.05, 0) is 18.2 Å². The van der Waals surface area contributed by atoms with Gasteiger partial charge in [0.25, 0.3) is 0 Å². The molecule has 18 heavy (non-hydrogen) atoms. The Bertz CT molecular complexity index is 546. The lowest BCUT2D eigenvalue weighted by Crippen LogP contribution is -2.06. The largest absolute Gasteiger partial charge is 0.487 e. The predicted molar refractivity (Wildman–Crippen MR) is 72.9 cm³/mol. The smallest absolute Gasteiger partial charge is 0.139 e. The van der Waals surface area contributed by atoms with Crippen LogP contribution in [0.2, 0.25) is 10.0 Å². The summed E-state index contributed by atoms with van der Waals surface area (Å²) in [5.74, 6) is 0.552. The molecule has 0 bridgehead atoms. The normalized spacial score (nSPS) is 10.4. The van der Waals surface area contributed by atoms with E-state index in [0.29, 0.717) is 28.9 Å². The van der Waals surface area contributed by atoms with Gasteiger partial charge in [-0.15, -0.1) is 0 Å². The third kappa shape index (κ3) is 2.93. The van der Waals surface area contributed by atoms with E-state index in [9.17, 15) is 0 Å². The Balaban J connectivity index is 2.14. The Morgan fingerprint density at radius 3 is 2.78 bits per heavy atom. The maximum Gasteiger partial charge on any atom is 0.139 e. The molecule has 0 amide bonds. The van der Waals surface area contributed by atoms with Crippen molar-refractivity contribution in [1.29, 1.82) is 0 Å². The number of ether oxygens (including phenoxy) is 1. The van der Waals surface area contributed by atoms with E-state index in [2.05, 4.69) is 4.98 Å². The molecule has 0 saturated heterocycles. The van der Waals surface area contributed by atoms with Gasteiger partial charge in [0.1, 0.15) is 17.4 Å². The summed E-state index contributed by atoms with van der Waals surface area (Å²) in [7, 11) is 0. The van der Waals surface area contributed by atoms with Crippen LogP contribution in [-0.4, -0.2) is 4.98 Å². The van der Waals surface area contributed by atoms with Gasteiger partial charge in [0.2, 0.25) is 0 Å². The Hall–Kier alpha value is -1.29. The van der Waals surface area contributed by atoms with Gasteiger partial charge >= 0.3 is 0 Å². The Labute approximate surface area is 115 Å². The van der Waals surface area contributed by atoms with Crippen LogP contribution in [0.3, 0.4) is 0 Å². The van der Waals surface area contributed by atoms with Gasteiger partial charge in [-0.3, -0.25) is 4.98 Å². The fourth-order valence-corrected chi connectivity index (χ4v) is 1.88. The van der Waals surface area contributed by atoms with Crippen molar-refractivity contribution in [3.8, 4) is 5.75 Å². The SMILES string of the molecule is NCc1ncccc1COc1cccc(Cl)c1Cl. The van der Waals surface area contributed by atoms with E-state index in [1.807, 2.05) is 12.1 Å². The van der Waals surface area contributed by atoms with E-state index in [0.717, 1.165) is 11.3 Å². The number of benzene rings is 1. The monoisotopic (exact) mass is 282 g/mol. The van der Waals surface area contributed by atoms with Gasteiger partial charge < -0.3 is 10.5 Å². The predicted octanol–water partition coefficient (Wildman–Crippen LogP) is 3.43. The quantitative estimate of drug-likeness (QED) is 0.935. The van der Waals surface area contributed by atoms with Crippen molar-refractivity contribution in [1.82, 2.24) is 4.98 Å². The second-order valence-corrected chi connectivity index (χ2v) is 4.44. The second-order valence-electron chi connectivity index (χ2n) is 3.65. The average molecular weight is 283 g/mol. The summed E-state index contributed by atoms with van der Waals surface area (Å²) in [5.41, 5.74) is 7.36. The lowest BCUT2D eigenvalue weighted by atomic mass is 10.2. The zero-order chi connectivity index (χ0) is 13.0. The Morgan fingerprint density at radius 2 is 2.00 bits per heavy atom. The van der Waals surface area contributed by atoms with E-state index in [-0.39, 0.29) is 0 Å². The van der Waals surface area contributed by atoms with Crippen LogP contribution in [0.25, 0.3) is 0 Å². The van der Waals surface area contributed by atoms with Crippen molar-refractivity contribution in [2.75, 3.05) is 0 Å². The molecule has 3 nitrogen and oxygen atoms in total. The molecule has 5 heteroatoms. The molecular formula is C13H12Cl2N2O. The molecule has 0 atom stereocenters. The van der Waals surface area contributed by atoms with Gasteiger partial charge in [-0.1, -0.05) is 35.3 Å². The first kappa shape index (κ1) is 13.1. The molecule has 0 saturated carbocycles. The highest BCUT2D eigenvalue weighted by Crippen LogP contribution is 2.31. The van der Waals surface area contributed by atoms with Crippen molar-refractivity contribution in [3.05, 3.63) is 57.8 Å². The van der Waals surface area contributed by atoms with Crippen LogP contribution >= 0.6 is 23.2 Å². The van der Waals surface area contributed by atoms with Gasteiger partial charge in [0.05, 0.1) is 10.7 Å². The molecule has 0 unspecified atom stereocenters. The van der Waals surface area contributed by atoms with Crippen LogP contribution in [-0.2, 0) is 13.2 Å². The van der Waals surface area contributed by atoms with Crippen LogP contribution in [0.15, 0.2) is 36.5 Å². The third-order valence-electron chi connectivity index (χ3n) is 2.48. The van der Waals surface area contributed by atoms with Gasteiger partial charge in [-0.2, -0.15) is 0 Å². The zero-order valence-electron chi connectivity index (χ0n) is 9.57. The van der Waals surface area contributed by atoms with E-state index < -0.39 is 0 Å². The maximum absolute atomic E-state index is 6.04. The van der Waals surface area contributed by atoms with E-state index in [1.165, 1.54) is 0 Å². The molecule has 0 radical (unpaired) electrons. The molecule has 0 aliphatic heterocycles. The summed E-state index contributed by atoms with van der Waals surface area (Å²) in [4.78, 5) is 4.19. The van der Waals surface area contributed by atoms with Gasteiger partial charge in [0, 0.05) is 18.3 Å². The van der Waals surface area contributed by atoms with Gasteiger partial charge in [-0.25, -0.2) is 0 Å². The molecular weight excluding hydrogens is 271 g/mol. The number of halogens is 2. The minimum Gasteiger partial charge on any atom is -0.487 e. The summed E-state index contributed by atoms with van der Waals surface area (Å²) in [6.07, 6.45) is 1.71. The first-order valence-corrected chi connectivity index (χ1v) is 6.17. The fraction of sp³-hybridized carbons (Fsp3) is 0.154. The van der Waals surface area contributed by atoms with Gasteiger partial charge in [0.15, 0.2) is 0 Å². The van der Waals surface area contributed by atoms with Crippen LogP contribution in [0.1, 0.15) is 11.3 Å². The third-order valence-corrected chi connectivity index (χ3v) is 3.28. The molecule has 1 heterocycles. The molecule has 0 aliphatic carbocycles. The molecule has 2 aromatic rings. The number of pyridine rings is 1. The van der Waals surface area contributed by atoms with Crippen molar-refractivity contribution >= 4 is 23.2 Å². The minimum atomic E-state index is 0.362. The number of aromatic nitrogens is 1. The number of nitrogens with zero attached hydrogens (tertiary/aromatic N) is 1. The highest BCUT2D eigenvalue weighted by Gasteiger charge is 2.07. The number of hydrogen-bond donors (Lipinski definition) is 1. The number of hydrogen-bond acceptors (Lipinski definition) is 3. The number of rotatable bonds is 4. The average Bonchev–Trinajstić information content (AvgIpc) is 2.41. The topological polar surface area (TPSA) is 48.1 Å². The molecule has 1 aromatic carbocycles. The molecule has 2 rings (SSSR count). The van der Waals surface area contributed by atoms with Crippen molar-refractivity contribution < 1.29 is 4.74 Å². The lowest BCUT2D eigenvalue weighted by molar-refractivity contribution is 0.304.